The Morgan fingerprint density at radius 3 is 2.43 bits per heavy atom. The number of fused-ring (bicyclic) bond motifs is 1. The predicted molar refractivity (Wildman–Crippen MR) is 132 cm³/mol. The highest BCUT2D eigenvalue weighted by atomic mass is 35.7. The van der Waals surface area contributed by atoms with Crippen LogP contribution in [0.5, 0.6) is 0 Å². The fourth-order valence-electron chi connectivity index (χ4n) is 4.04. The molecule has 1 aliphatic rings. The molecule has 0 bridgehead atoms. The maximum absolute atomic E-state index is 8.49. The zero-order valence-corrected chi connectivity index (χ0v) is 23.5. The monoisotopic (exact) mass is 547 g/mol. The number of hydrogen-bond acceptors (Lipinski definition) is 6. The molecule has 35 heavy (non-hydrogen) atoms. The molecule has 0 N–H and O–H groups in total. The number of nitrogens with zero attached hydrogens (tertiary/aromatic N) is 4. The van der Waals surface area contributed by atoms with Crippen LogP contribution in [0.25, 0.3) is 17.1 Å². The van der Waals surface area contributed by atoms with Gasteiger partial charge in [0.15, 0.2) is 11.0 Å². The van der Waals surface area contributed by atoms with E-state index in [0.717, 1.165) is 48.7 Å². The van der Waals surface area contributed by atoms with Crippen molar-refractivity contribution in [3.63, 3.8) is 0 Å². The molecule has 8 nitrogen and oxygen atoms in total. The third-order valence-electron chi connectivity index (χ3n) is 6.18. The van der Waals surface area contributed by atoms with Crippen LogP contribution < -0.4 is 23.2 Å². The number of quaternary nitrogens is 1. The molecule has 1 aliphatic heterocycles. The van der Waals surface area contributed by atoms with E-state index in [0.29, 0.717) is 0 Å². The van der Waals surface area contributed by atoms with Crippen LogP contribution in [0.4, 0.5) is 0 Å². The summed E-state index contributed by atoms with van der Waals surface area (Å²) in [5.74, 6) is 2.44. The minimum atomic E-state index is -4.94. The summed E-state index contributed by atoms with van der Waals surface area (Å²) in [6.07, 6.45) is 7.92. The molecular formula is C24H37Cl2N4O4S+. The van der Waals surface area contributed by atoms with Gasteiger partial charge in [-0.2, -0.15) is 0 Å². The molecule has 11 heteroatoms. The molecule has 196 valence electrons. The Morgan fingerprint density at radius 1 is 1.14 bits per heavy atom. The molecule has 1 aromatic carbocycles. The maximum atomic E-state index is 8.49. The van der Waals surface area contributed by atoms with Gasteiger partial charge in [-0.15, -0.1) is 22.0 Å². The van der Waals surface area contributed by atoms with E-state index in [1.807, 2.05) is 17.8 Å². The van der Waals surface area contributed by atoms with Crippen molar-refractivity contribution in [2.75, 3.05) is 46.0 Å². The lowest BCUT2D eigenvalue weighted by Gasteiger charge is -2.27. The predicted octanol–water partition coefficient (Wildman–Crippen LogP) is 0.256. The van der Waals surface area contributed by atoms with Crippen molar-refractivity contribution >= 4 is 40.5 Å². The number of hydrogen-bond donors (Lipinski definition) is 0. The molecule has 0 saturated carbocycles. The van der Waals surface area contributed by atoms with Crippen LogP contribution in [0.15, 0.2) is 35.4 Å². The van der Waals surface area contributed by atoms with E-state index in [9.17, 15) is 0 Å². The number of halogens is 2. The second kappa shape index (κ2) is 13.3. The first-order valence-corrected chi connectivity index (χ1v) is 14.4. The first-order valence-electron chi connectivity index (χ1n) is 11.8. The second-order valence-corrected chi connectivity index (χ2v) is 11.2. The van der Waals surface area contributed by atoms with Crippen molar-refractivity contribution in [3.8, 4) is 0 Å². The molecule has 3 rings (SSSR count). The molecule has 1 aromatic heterocycles. The Labute approximate surface area is 220 Å². The van der Waals surface area contributed by atoms with Gasteiger partial charge in [0.25, 0.3) is 5.82 Å². The first-order chi connectivity index (χ1) is 16.4. The van der Waals surface area contributed by atoms with E-state index in [1.54, 1.807) is 0 Å². The zero-order valence-electron chi connectivity index (χ0n) is 21.2. The van der Waals surface area contributed by atoms with E-state index in [4.69, 9.17) is 30.2 Å². The van der Waals surface area contributed by atoms with Gasteiger partial charge in [0, 0.05) is 42.4 Å². The molecule has 2 heterocycles. The average molecular weight is 549 g/mol. The largest absolute Gasteiger partial charge is 0.366 e. The summed E-state index contributed by atoms with van der Waals surface area (Å²) in [5.41, 5.74) is 2.48. The summed E-state index contributed by atoms with van der Waals surface area (Å²) in [6, 6.07) is 6.28. The van der Waals surface area contributed by atoms with Gasteiger partial charge in [-0.25, -0.2) is 27.8 Å². The number of imidazole rings is 1. The fraction of sp³-hybridized carbons (Fsp3) is 0.542. The van der Waals surface area contributed by atoms with Crippen molar-refractivity contribution < 1.29 is 37.9 Å². The van der Waals surface area contributed by atoms with Crippen molar-refractivity contribution in [1.29, 1.82) is 0 Å². The number of aryl methyl sites for hydroxylation is 2. The molecule has 1 saturated heterocycles. The number of allylic oxidation sites excluding steroid dienone is 2. The maximum Gasteiger partial charge on any atom is 0.282 e. The zero-order chi connectivity index (χ0) is 26.2. The molecule has 0 unspecified atom stereocenters. The van der Waals surface area contributed by atoms with Gasteiger partial charge < -0.3 is 9.38 Å². The quantitative estimate of drug-likeness (QED) is 0.329. The fourth-order valence-corrected chi connectivity index (χ4v) is 5.31. The van der Waals surface area contributed by atoms with Crippen molar-refractivity contribution in [2.24, 2.45) is 0 Å². The average Bonchev–Trinajstić information content (AvgIpc) is 3.34. The highest BCUT2D eigenvalue weighted by molar-refractivity contribution is 8.03. The Hall–Kier alpha value is -1.30. The van der Waals surface area contributed by atoms with E-state index < -0.39 is 10.2 Å². The van der Waals surface area contributed by atoms with Crippen LogP contribution >= 0.6 is 23.4 Å². The number of benzene rings is 1. The summed E-state index contributed by atoms with van der Waals surface area (Å²) in [5, 5.41) is 2.17. The van der Waals surface area contributed by atoms with Crippen LogP contribution in [-0.4, -0.2) is 60.0 Å². The van der Waals surface area contributed by atoms with Crippen LogP contribution in [0.3, 0.4) is 0 Å². The molecule has 1 fully saturated rings. The highest BCUT2D eigenvalue weighted by Gasteiger charge is 2.23. The minimum Gasteiger partial charge on any atom is -0.366 e. The Balaban J connectivity index is 0.000000784. The van der Waals surface area contributed by atoms with Gasteiger partial charge in [-0.1, -0.05) is 17.7 Å². The van der Waals surface area contributed by atoms with Crippen molar-refractivity contribution in [3.05, 3.63) is 46.2 Å². The molecule has 0 radical (unpaired) electrons. The van der Waals surface area contributed by atoms with E-state index >= 15 is 0 Å². The van der Waals surface area contributed by atoms with Crippen LogP contribution in [0.1, 0.15) is 33.0 Å². The van der Waals surface area contributed by atoms with E-state index in [-0.39, 0.29) is 0 Å². The normalized spacial score (nSPS) is 15.9. The summed E-state index contributed by atoms with van der Waals surface area (Å²) >= 11 is 8.31. The molecule has 2 aromatic rings. The lowest BCUT2D eigenvalue weighted by molar-refractivity contribution is -2.00. The SMILES string of the molecule is CCN1CCSC1=CC=Cc1n(CC)c2cc(Cl)ccc2[n+]1CCC[N+](C)(C)CC.[O-][Cl+3]([O-])([O-])[O-]. The van der Waals surface area contributed by atoms with Gasteiger partial charge in [-0.05, 0) is 39.0 Å². The smallest absolute Gasteiger partial charge is 0.282 e. The summed E-state index contributed by atoms with van der Waals surface area (Å²) in [7, 11) is -0.322. The van der Waals surface area contributed by atoms with Crippen LogP contribution in [-0.2, 0) is 13.1 Å². The molecule has 0 atom stereocenters. The second-order valence-electron chi connectivity index (χ2n) is 8.89. The van der Waals surface area contributed by atoms with E-state index in [2.05, 4.69) is 79.3 Å². The Kier molecular flexibility index (Phi) is 11.4. The minimum absolute atomic E-state index is 0.796. The van der Waals surface area contributed by atoms with Gasteiger partial charge in [0.1, 0.15) is 0 Å². The van der Waals surface area contributed by atoms with Crippen molar-refractivity contribution in [1.82, 2.24) is 9.47 Å². The lowest BCUT2D eigenvalue weighted by atomic mass is 10.3. The highest BCUT2D eigenvalue weighted by Crippen LogP contribution is 2.27. The molecule has 0 spiro atoms. The van der Waals surface area contributed by atoms with Crippen LogP contribution in [0, 0.1) is 10.2 Å². The third-order valence-corrected chi connectivity index (χ3v) is 7.49. The molecule has 0 aliphatic carbocycles. The molecule has 0 amide bonds. The van der Waals surface area contributed by atoms with E-state index in [1.165, 1.54) is 34.2 Å². The number of rotatable bonds is 9. The van der Waals surface area contributed by atoms with Gasteiger partial charge >= 0.3 is 0 Å². The summed E-state index contributed by atoms with van der Waals surface area (Å²) < 4.78 is 39.9. The van der Waals surface area contributed by atoms with Crippen LogP contribution in [0.2, 0.25) is 5.02 Å². The van der Waals surface area contributed by atoms with Gasteiger partial charge in [0.2, 0.25) is 0 Å². The Morgan fingerprint density at radius 2 is 1.83 bits per heavy atom. The molecular weight excluding hydrogens is 511 g/mol. The number of thioether (sulfide) groups is 1. The third kappa shape index (κ3) is 9.26. The van der Waals surface area contributed by atoms with Crippen molar-refractivity contribution in [2.45, 2.75) is 40.3 Å². The summed E-state index contributed by atoms with van der Waals surface area (Å²) in [6.45, 7) is 13.2. The lowest BCUT2D eigenvalue weighted by Crippen LogP contribution is -2.68. The summed E-state index contributed by atoms with van der Waals surface area (Å²) in [4.78, 5) is 2.45. The Bertz CT molecular complexity index is 1030. The van der Waals surface area contributed by atoms with Gasteiger partial charge in [-0.3, -0.25) is 0 Å². The standard InChI is InChI=1S/C24H37ClN4S.ClHO4/c1-6-26-16-18-30-24(26)12-9-11-23-27(7-2)22-19-20(25)13-14-21(22)28(23)15-10-17-29(4,5)8-3;2-1(3,4)5/h9,11-14,19H,6-8,10,15-18H2,1-5H3;(H,2,3,4,5)/q+2;/p-1. The number of aromatic nitrogens is 2. The topological polar surface area (TPSA) is 104 Å². The first kappa shape index (κ1) is 29.9. The van der Waals surface area contributed by atoms with Gasteiger partial charge in [0.05, 0.1) is 45.3 Å².